The monoisotopic (exact) mass is 203 g/mol. The number of carbonyl (C=O) groups excluding carboxylic acids is 1. The van der Waals surface area contributed by atoms with Crippen LogP contribution in [0.4, 0.5) is 0 Å². The van der Waals surface area contributed by atoms with E-state index >= 15 is 0 Å². The Morgan fingerprint density at radius 3 is 2.93 bits per heavy atom. The SMILES string of the molecule is CC(=O)c1cccc(-c2nccs2)c1. The average Bonchev–Trinajstić information content (AvgIpc) is 2.71. The van der Waals surface area contributed by atoms with Crippen LogP contribution in [0.15, 0.2) is 35.8 Å². The predicted molar refractivity (Wildman–Crippen MR) is 57.6 cm³/mol. The molecule has 0 aliphatic carbocycles. The summed E-state index contributed by atoms with van der Waals surface area (Å²) in [5.74, 6) is 0.0865. The van der Waals surface area contributed by atoms with Gasteiger partial charge in [-0.1, -0.05) is 18.2 Å². The van der Waals surface area contributed by atoms with Crippen LogP contribution < -0.4 is 0 Å². The first-order valence-corrected chi connectivity index (χ1v) is 5.16. The number of thiazole rings is 1. The second kappa shape index (κ2) is 3.72. The van der Waals surface area contributed by atoms with Crippen LogP contribution in [-0.2, 0) is 0 Å². The van der Waals surface area contributed by atoms with Crippen molar-refractivity contribution in [3.63, 3.8) is 0 Å². The Kier molecular flexibility index (Phi) is 2.41. The lowest BCUT2D eigenvalue weighted by Gasteiger charge is -1.98. The Bertz CT molecular complexity index is 448. The third kappa shape index (κ3) is 1.72. The first kappa shape index (κ1) is 9.09. The summed E-state index contributed by atoms with van der Waals surface area (Å²) in [5.41, 5.74) is 1.74. The van der Waals surface area contributed by atoms with E-state index in [4.69, 9.17) is 0 Å². The minimum Gasteiger partial charge on any atom is -0.295 e. The first-order valence-electron chi connectivity index (χ1n) is 4.28. The minimum atomic E-state index is 0.0865. The Morgan fingerprint density at radius 1 is 1.43 bits per heavy atom. The summed E-state index contributed by atoms with van der Waals surface area (Å²) in [4.78, 5) is 15.3. The molecule has 3 heteroatoms. The maximum Gasteiger partial charge on any atom is 0.159 e. The molecular formula is C11H9NOS. The van der Waals surface area contributed by atoms with E-state index in [2.05, 4.69) is 4.98 Å². The average molecular weight is 203 g/mol. The maximum absolute atomic E-state index is 11.2. The standard InChI is InChI=1S/C11H9NOS/c1-8(13)9-3-2-4-10(7-9)11-12-5-6-14-11/h2-7H,1H3. The van der Waals surface area contributed by atoms with Crippen molar-refractivity contribution in [1.29, 1.82) is 0 Å². The second-order valence-electron chi connectivity index (χ2n) is 2.97. The lowest BCUT2D eigenvalue weighted by molar-refractivity contribution is 0.101. The van der Waals surface area contributed by atoms with Crippen molar-refractivity contribution in [2.75, 3.05) is 0 Å². The molecule has 0 atom stereocenters. The van der Waals surface area contributed by atoms with Crippen LogP contribution in [0.5, 0.6) is 0 Å². The van der Waals surface area contributed by atoms with Crippen LogP contribution in [0.1, 0.15) is 17.3 Å². The summed E-state index contributed by atoms with van der Waals surface area (Å²) in [6.45, 7) is 1.57. The van der Waals surface area contributed by atoms with Gasteiger partial charge in [0.1, 0.15) is 5.01 Å². The molecule has 0 saturated carbocycles. The van der Waals surface area contributed by atoms with Crippen molar-refractivity contribution in [1.82, 2.24) is 4.98 Å². The number of aromatic nitrogens is 1. The van der Waals surface area contributed by atoms with Crippen LogP contribution in [0.2, 0.25) is 0 Å². The summed E-state index contributed by atoms with van der Waals surface area (Å²) >= 11 is 1.57. The van der Waals surface area contributed by atoms with E-state index in [1.165, 1.54) is 0 Å². The highest BCUT2D eigenvalue weighted by molar-refractivity contribution is 7.13. The minimum absolute atomic E-state index is 0.0865. The van der Waals surface area contributed by atoms with E-state index in [1.54, 1.807) is 24.5 Å². The smallest absolute Gasteiger partial charge is 0.159 e. The Morgan fingerprint density at radius 2 is 2.29 bits per heavy atom. The molecule has 0 bridgehead atoms. The first-order chi connectivity index (χ1) is 6.77. The largest absolute Gasteiger partial charge is 0.295 e. The van der Waals surface area contributed by atoms with Gasteiger partial charge < -0.3 is 0 Å². The van der Waals surface area contributed by atoms with Crippen molar-refractivity contribution < 1.29 is 4.79 Å². The summed E-state index contributed by atoms with van der Waals surface area (Å²) < 4.78 is 0. The molecule has 1 heterocycles. The van der Waals surface area contributed by atoms with Crippen molar-refractivity contribution in [2.45, 2.75) is 6.92 Å². The highest BCUT2D eigenvalue weighted by Crippen LogP contribution is 2.22. The quantitative estimate of drug-likeness (QED) is 0.702. The molecule has 0 saturated heterocycles. The van der Waals surface area contributed by atoms with E-state index in [1.807, 2.05) is 29.6 Å². The third-order valence-electron chi connectivity index (χ3n) is 1.95. The molecule has 2 nitrogen and oxygen atoms in total. The van der Waals surface area contributed by atoms with Crippen molar-refractivity contribution in [3.8, 4) is 10.6 Å². The van der Waals surface area contributed by atoms with Gasteiger partial charge in [0.2, 0.25) is 0 Å². The Labute approximate surface area is 86.2 Å². The number of ketones is 1. The Hall–Kier alpha value is -1.48. The molecule has 0 fully saturated rings. The lowest BCUT2D eigenvalue weighted by Crippen LogP contribution is -1.91. The van der Waals surface area contributed by atoms with Gasteiger partial charge >= 0.3 is 0 Å². The van der Waals surface area contributed by atoms with Crippen LogP contribution in [0.25, 0.3) is 10.6 Å². The van der Waals surface area contributed by atoms with Gasteiger partial charge in [-0.3, -0.25) is 4.79 Å². The molecule has 0 amide bonds. The summed E-state index contributed by atoms with van der Waals surface area (Å²) in [6.07, 6.45) is 1.76. The van der Waals surface area contributed by atoms with Crippen LogP contribution in [0, 0.1) is 0 Å². The molecule has 1 aromatic heterocycles. The van der Waals surface area contributed by atoms with Gasteiger partial charge in [-0.05, 0) is 13.0 Å². The Balaban J connectivity index is 2.46. The molecule has 0 N–H and O–H groups in total. The van der Waals surface area contributed by atoms with E-state index in [0.29, 0.717) is 0 Å². The predicted octanol–water partition coefficient (Wildman–Crippen LogP) is 3.01. The highest BCUT2D eigenvalue weighted by atomic mass is 32.1. The number of benzene rings is 1. The highest BCUT2D eigenvalue weighted by Gasteiger charge is 2.03. The topological polar surface area (TPSA) is 30.0 Å². The number of rotatable bonds is 2. The van der Waals surface area contributed by atoms with Crippen molar-refractivity contribution in [2.24, 2.45) is 0 Å². The van der Waals surface area contributed by atoms with Crippen LogP contribution in [-0.4, -0.2) is 10.8 Å². The van der Waals surface area contributed by atoms with Gasteiger partial charge in [0.25, 0.3) is 0 Å². The zero-order valence-electron chi connectivity index (χ0n) is 7.73. The molecule has 2 rings (SSSR count). The van der Waals surface area contributed by atoms with Gasteiger partial charge in [0.15, 0.2) is 5.78 Å². The molecule has 0 unspecified atom stereocenters. The number of hydrogen-bond donors (Lipinski definition) is 0. The molecule has 70 valence electrons. The molecule has 0 aliphatic heterocycles. The fraction of sp³-hybridized carbons (Fsp3) is 0.0909. The molecule has 2 aromatic rings. The van der Waals surface area contributed by atoms with Crippen LogP contribution >= 0.6 is 11.3 Å². The summed E-state index contributed by atoms with van der Waals surface area (Å²) in [7, 11) is 0. The van der Waals surface area contributed by atoms with E-state index in [0.717, 1.165) is 16.1 Å². The van der Waals surface area contributed by atoms with Crippen molar-refractivity contribution in [3.05, 3.63) is 41.4 Å². The molecule has 14 heavy (non-hydrogen) atoms. The van der Waals surface area contributed by atoms with E-state index < -0.39 is 0 Å². The molecular weight excluding hydrogens is 194 g/mol. The molecule has 0 radical (unpaired) electrons. The molecule has 1 aromatic carbocycles. The zero-order valence-corrected chi connectivity index (χ0v) is 8.54. The maximum atomic E-state index is 11.2. The number of nitrogens with zero attached hydrogens (tertiary/aromatic N) is 1. The van der Waals surface area contributed by atoms with Gasteiger partial charge in [-0.25, -0.2) is 4.98 Å². The zero-order chi connectivity index (χ0) is 9.97. The van der Waals surface area contributed by atoms with Gasteiger partial charge in [-0.2, -0.15) is 0 Å². The van der Waals surface area contributed by atoms with Gasteiger partial charge in [-0.15, -0.1) is 11.3 Å². The number of hydrogen-bond acceptors (Lipinski definition) is 3. The van der Waals surface area contributed by atoms with E-state index in [-0.39, 0.29) is 5.78 Å². The lowest BCUT2D eigenvalue weighted by atomic mass is 10.1. The summed E-state index contributed by atoms with van der Waals surface area (Å²) in [5, 5.41) is 2.88. The fourth-order valence-corrected chi connectivity index (χ4v) is 1.87. The van der Waals surface area contributed by atoms with Crippen molar-refractivity contribution >= 4 is 17.1 Å². The third-order valence-corrected chi connectivity index (χ3v) is 2.77. The van der Waals surface area contributed by atoms with Crippen LogP contribution in [0.3, 0.4) is 0 Å². The normalized spacial score (nSPS) is 10.1. The fourth-order valence-electron chi connectivity index (χ4n) is 1.24. The number of carbonyl (C=O) groups is 1. The number of Topliss-reactive ketones (excluding diaryl/α,β-unsaturated/α-hetero) is 1. The second-order valence-corrected chi connectivity index (χ2v) is 3.87. The summed E-state index contributed by atoms with van der Waals surface area (Å²) in [6, 6.07) is 7.54. The molecule has 0 spiro atoms. The molecule has 0 aliphatic rings. The van der Waals surface area contributed by atoms with E-state index in [9.17, 15) is 4.79 Å². The van der Waals surface area contributed by atoms with Gasteiger partial charge in [0.05, 0.1) is 0 Å². The van der Waals surface area contributed by atoms with Gasteiger partial charge in [0, 0.05) is 22.7 Å².